The number of allylic oxidation sites excluding steroid dienone is 6. The number of hydrogen-bond donors (Lipinski definition) is 3. The maximum atomic E-state index is 11.5. The van der Waals surface area contributed by atoms with Crippen LogP contribution in [-0.2, 0) is 108 Å². The van der Waals surface area contributed by atoms with E-state index < -0.39 is 10.8 Å². The molecule has 4 radical (unpaired) electrons. The minimum absolute atomic E-state index is 0. The van der Waals surface area contributed by atoms with E-state index in [0.29, 0.717) is 17.4 Å². The molecule has 15 rings (SSSR count). The number of para-hydroxylation sites is 2. The second-order valence-corrected chi connectivity index (χ2v) is 38.9. The predicted octanol–water partition coefficient (Wildman–Crippen LogP) is 31.5. The van der Waals surface area contributed by atoms with Crippen LogP contribution in [0.4, 0.5) is 0 Å². The number of ketones is 3. The van der Waals surface area contributed by atoms with E-state index in [2.05, 4.69) is 263 Å². The molecule has 0 atom stereocenters. The number of fused-ring (bicyclic) bond motifs is 3. The van der Waals surface area contributed by atoms with Crippen molar-refractivity contribution in [3.05, 3.63) is 394 Å². The molecule has 0 saturated carbocycles. The number of Topliss-reactive ketones (excluding diaryl/α,β-unsaturated/α-hetero) is 1. The van der Waals surface area contributed by atoms with E-state index in [4.69, 9.17) is 15.0 Å². The summed E-state index contributed by atoms with van der Waals surface area (Å²) >= 11 is 0. The van der Waals surface area contributed by atoms with Gasteiger partial charge >= 0.3 is 0 Å². The SMILES string of the molecule is CC(=O)C(=C(C)O)c1ccccc1.CC(C)(C)C(=O)C=C(O)C(C)(C)C.CC(C)(C)C(=O)C=C(O)C(C)(C)C.Cc1[c-]c(-c2cc(CC(C)C)c3ccccc3n2)cc(C)c1.Cc1[c-]c(-c2ccc3c(CC(C)C)cccc3n2)cc(C)c1.Cc1[c-]c(-c2ccc3ccccc3n2)cc(C)c1.Cc1cc(-c2[c-]cccc2)ncc1-c1ccccc1.Cc1ccnc(-c2[c-]cccc2)c1.[Ir].[Ir].[Ir].[Ir]. The van der Waals surface area contributed by atoms with Gasteiger partial charge in [0.05, 0.1) is 22.1 Å². The van der Waals surface area contributed by atoms with Crippen molar-refractivity contribution in [2.45, 2.75) is 193 Å². The Bertz CT molecular complexity index is 6390. The van der Waals surface area contributed by atoms with Crippen molar-refractivity contribution in [2.75, 3.05) is 0 Å². The van der Waals surface area contributed by atoms with Gasteiger partial charge in [-0.05, 0) is 138 Å². The molecule has 15 heteroatoms. The third-order valence-electron chi connectivity index (χ3n) is 21.2. The molecular formula is C122H134Ir4N5O6-5. The second kappa shape index (κ2) is 55.5. The van der Waals surface area contributed by atoms with Crippen molar-refractivity contribution in [2.24, 2.45) is 33.5 Å². The third kappa shape index (κ3) is 38.3. The van der Waals surface area contributed by atoms with Crippen LogP contribution in [0.15, 0.2) is 303 Å². The monoisotopic (exact) mass is 2540 g/mol. The molecule has 15 aromatic rings. The van der Waals surface area contributed by atoms with Crippen LogP contribution in [0, 0.1) is 119 Å². The molecule has 0 aliphatic carbocycles. The van der Waals surface area contributed by atoms with E-state index in [-0.39, 0.29) is 126 Å². The number of rotatable bonds is 14. The largest absolute Gasteiger partial charge is 0.512 e. The van der Waals surface area contributed by atoms with Gasteiger partial charge in [-0.3, -0.25) is 29.3 Å². The standard InChI is InChI=1S/2C21H22N.C18H14N.C17H14N.C12H10N.C11H12O2.2C11H20O2.4Ir/c1-14(2)10-17-6-5-7-21-19(17)8-9-20(22-21)18-12-15(3)11-16(4)13-18;1-14(2)9-17-13-21(18-11-15(3)10-16(4)12-18)22-20-8-6-5-7-19(17)20;1-14-12-18(16-10-6-3-7-11-16)19-13-17(14)15-8-4-2-5-9-15;1-12-9-13(2)11-15(10-12)17-8-7-14-5-3-4-6-16(14)18-17;1-10-7-8-13-12(9-10)11-5-3-2-4-6-11;1-8(12)11(9(2)13)10-6-4-3-5-7-10;2*1-10(2,3)8(12)7-9(13)11(4,5)6;;;;/h5-9,11-12,14H,10H2,1-4H3;5-8,10-11,13-14H,9H2,1-4H3;2-10,12-13H,1H3;3-10H,1-2H3;2-5,7-9H,1H3;3-7,12H,1-2H3;2*7,12H,1-6H3;;;;/q5*-1;;;;;;;. The molecule has 0 bridgehead atoms. The molecule has 5 aromatic heterocycles. The fraction of sp³-hybridized carbons (Fsp3) is 0.279. The molecule has 10 aromatic carbocycles. The summed E-state index contributed by atoms with van der Waals surface area (Å²) in [6.07, 6.45) is 8.60. The van der Waals surface area contributed by atoms with E-state index >= 15 is 0 Å². The van der Waals surface area contributed by atoms with Crippen LogP contribution in [-0.4, -0.2) is 57.6 Å². The Labute approximate surface area is 871 Å². The third-order valence-corrected chi connectivity index (χ3v) is 21.2. The van der Waals surface area contributed by atoms with Crippen LogP contribution in [0.25, 0.3) is 106 Å². The summed E-state index contributed by atoms with van der Waals surface area (Å²) in [6.45, 7) is 51.0. The van der Waals surface area contributed by atoms with Crippen molar-refractivity contribution in [1.29, 1.82) is 0 Å². The summed E-state index contributed by atoms with van der Waals surface area (Å²) in [4.78, 5) is 57.4. The quantitative estimate of drug-likeness (QED) is 0.0536. The van der Waals surface area contributed by atoms with Crippen LogP contribution in [0.3, 0.4) is 0 Å². The average molecular weight is 2540 g/mol. The van der Waals surface area contributed by atoms with E-state index in [1.165, 1.54) is 92.2 Å². The molecular weight excluding hydrogens is 2400 g/mol. The maximum Gasteiger partial charge on any atom is 0.164 e. The van der Waals surface area contributed by atoms with E-state index in [1.54, 1.807) is 12.1 Å². The number of aromatic nitrogens is 5. The van der Waals surface area contributed by atoms with Crippen molar-refractivity contribution in [1.82, 2.24) is 24.9 Å². The number of nitrogens with zero attached hydrogens (tertiary/aromatic N) is 5. The Morgan fingerprint density at radius 3 is 1.21 bits per heavy atom. The zero-order chi connectivity index (χ0) is 97.7. The number of benzene rings is 10. The number of pyridine rings is 5. The topological polar surface area (TPSA) is 176 Å². The number of aliphatic hydroxyl groups is 3. The molecule has 724 valence electrons. The first-order valence-corrected chi connectivity index (χ1v) is 45.6. The molecule has 3 N–H and O–H groups in total. The summed E-state index contributed by atoms with van der Waals surface area (Å²) in [7, 11) is 0. The van der Waals surface area contributed by atoms with Crippen LogP contribution in [0.2, 0.25) is 0 Å². The van der Waals surface area contributed by atoms with Crippen LogP contribution < -0.4 is 0 Å². The van der Waals surface area contributed by atoms with Crippen LogP contribution >= 0.6 is 0 Å². The Balaban J connectivity index is 0.000000329. The first kappa shape index (κ1) is 118. The molecule has 0 aliphatic rings. The Kier molecular flexibility index (Phi) is 47.9. The molecule has 11 nitrogen and oxygen atoms in total. The van der Waals surface area contributed by atoms with E-state index in [0.717, 1.165) is 108 Å². The fourth-order valence-corrected chi connectivity index (χ4v) is 14.1. The molecule has 0 fully saturated rings. The minimum atomic E-state index is -0.417. The van der Waals surface area contributed by atoms with Gasteiger partial charge in [0.1, 0.15) is 17.3 Å². The summed E-state index contributed by atoms with van der Waals surface area (Å²) in [5, 5.41) is 32.1. The average Bonchev–Trinajstić information content (AvgIpc) is 0.796. The molecule has 0 aliphatic heterocycles. The van der Waals surface area contributed by atoms with Gasteiger partial charge in [-0.25, -0.2) is 0 Å². The first-order valence-electron chi connectivity index (χ1n) is 45.6. The minimum Gasteiger partial charge on any atom is -0.512 e. The Hall–Kier alpha value is -11.0. The zero-order valence-corrected chi connectivity index (χ0v) is 93.9. The molecule has 0 saturated heterocycles. The van der Waals surface area contributed by atoms with Gasteiger partial charge in [0.25, 0.3) is 0 Å². The number of aliphatic hydroxyl groups excluding tert-OH is 3. The normalized spacial score (nSPS) is 11.3. The molecule has 0 spiro atoms. The van der Waals surface area contributed by atoms with Crippen molar-refractivity contribution < 1.29 is 110 Å². The summed E-state index contributed by atoms with van der Waals surface area (Å²) in [6, 6.07) is 105. The zero-order valence-electron chi connectivity index (χ0n) is 84.3. The number of hydrogen-bond acceptors (Lipinski definition) is 11. The number of carbonyl (C=O) groups excluding carboxylic acids is 3. The maximum absolute atomic E-state index is 11.5. The van der Waals surface area contributed by atoms with Gasteiger partial charge in [0.2, 0.25) is 0 Å². The molecule has 0 amide bonds. The van der Waals surface area contributed by atoms with Gasteiger partial charge in [0, 0.05) is 143 Å². The molecule has 137 heavy (non-hydrogen) atoms. The van der Waals surface area contributed by atoms with Crippen molar-refractivity contribution in [3.63, 3.8) is 0 Å². The Morgan fingerprint density at radius 1 is 0.365 bits per heavy atom. The van der Waals surface area contributed by atoms with E-state index in [9.17, 15) is 29.7 Å². The summed E-state index contributed by atoms with van der Waals surface area (Å²) in [5.41, 5.74) is 27.9. The smallest absolute Gasteiger partial charge is 0.164 e. The van der Waals surface area contributed by atoms with Crippen molar-refractivity contribution >= 4 is 55.6 Å². The molecule has 0 unspecified atom stereocenters. The summed E-state index contributed by atoms with van der Waals surface area (Å²) < 4.78 is 0. The number of carbonyl (C=O) groups is 3. The second-order valence-electron chi connectivity index (χ2n) is 38.9. The molecule has 5 heterocycles. The van der Waals surface area contributed by atoms with E-state index in [1.807, 2.05) is 205 Å². The van der Waals surface area contributed by atoms with Crippen LogP contribution in [0.1, 0.15) is 186 Å². The van der Waals surface area contributed by atoms with Gasteiger partial charge in [-0.1, -0.05) is 310 Å². The van der Waals surface area contributed by atoms with Crippen LogP contribution in [0.5, 0.6) is 0 Å². The fourth-order valence-electron chi connectivity index (χ4n) is 14.1. The van der Waals surface area contributed by atoms with Gasteiger partial charge in [0.15, 0.2) is 17.3 Å². The van der Waals surface area contributed by atoms with Crippen molar-refractivity contribution in [3.8, 4) is 67.4 Å². The first-order chi connectivity index (χ1) is 62.7. The van der Waals surface area contributed by atoms with Gasteiger partial charge in [-0.15, -0.1) is 176 Å². The van der Waals surface area contributed by atoms with Gasteiger partial charge < -0.3 is 25.3 Å². The number of aryl methyl sites for hydroxylation is 8. The predicted molar refractivity (Wildman–Crippen MR) is 557 cm³/mol. The van der Waals surface area contributed by atoms with Gasteiger partial charge in [-0.2, -0.15) is 0 Å². The Morgan fingerprint density at radius 2 is 0.774 bits per heavy atom. The summed E-state index contributed by atoms with van der Waals surface area (Å²) in [5.74, 6) is 1.43.